The monoisotopic (exact) mass is 504 g/mol. The van der Waals surface area contributed by atoms with E-state index in [1.807, 2.05) is 44.6 Å². The van der Waals surface area contributed by atoms with Crippen LogP contribution in [-0.4, -0.2) is 58.3 Å². The fourth-order valence-electron chi connectivity index (χ4n) is 4.80. The molecule has 0 bridgehead atoms. The zero-order chi connectivity index (χ0) is 25.9. The van der Waals surface area contributed by atoms with Gasteiger partial charge in [0.1, 0.15) is 0 Å². The van der Waals surface area contributed by atoms with E-state index in [0.717, 1.165) is 74.5 Å². The fraction of sp³-hybridized carbons (Fsp3) is 0.467. The first-order valence-corrected chi connectivity index (χ1v) is 13.5. The van der Waals surface area contributed by atoms with Gasteiger partial charge in [0.25, 0.3) is 0 Å². The van der Waals surface area contributed by atoms with Crippen molar-refractivity contribution >= 4 is 5.91 Å². The summed E-state index contributed by atoms with van der Waals surface area (Å²) in [5.41, 5.74) is 3.48. The van der Waals surface area contributed by atoms with Crippen molar-refractivity contribution < 1.29 is 14.3 Å². The van der Waals surface area contributed by atoms with Gasteiger partial charge in [0, 0.05) is 58.0 Å². The highest BCUT2D eigenvalue weighted by Crippen LogP contribution is 2.33. The highest BCUT2D eigenvalue weighted by molar-refractivity contribution is 5.76. The van der Waals surface area contributed by atoms with Gasteiger partial charge >= 0.3 is 0 Å². The average Bonchev–Trinajstić information content (AvgIpc) is 3.33. The van der Waals surface area contributed by atoms with Gasteiger partial charge in [-0.2, -0.15) is 5.10 Å². The molecule has 0 aliphatic carbocycles. The number of benzene rings is 2. The molecule has 37 heavy (non-hydrogen) atoms. The molecular formula is C30H40N4O3. The normalized spacial score (nSPS) is 15.6. The Morgan fingerprint density at radius 2 is 1.86 bits per heavy atom. The number of nitrogens with zero attached hydrogens (tertiary/aromatic N) is 4. The summed E-state index contributed by atoms with van der Waals surface area (Å²) in [5.74, 6) is 1.88. The van der Waals surface area contributed by atoms with Crippen LogP contribution in [0.1, 0.15) is 49.3 Å². The molecule has 7 nitrogen and oxygen atoms in total. The van der Waals surface area contributed by atoms with Gasteiger partial charge in [0.15, 0.2) is 11.5 Å². The fourth-order valence-corrected chi connectivity index (χ4v) is 4.80. The topological polar surface area (TPSA) is 59.8 Å². The van der Waals surface area contributed by atoms with Crippen LogP contribution in [0.3, 0.4) is 0 Å². The number of hydrogen-bond donors (Lipinski definition) is 0. The number of rotatable bonds is 7. The highest BCUT2D eigenvalue weighted by atomic mass is 16.5. The van der Waals surface area contributed by atoms with Crippen molar-refractivity contribution in [3.8, 4) is 11.5 Å². The lowest BCUT2D eigenvalue weighted by atomic mass is 10.1. The second-order valence-electron chi connectivity index (χ2n) is 9.69. The second kappa shape index (κ2) is 13.8. The van der Waals surface area contributed by atoms with Crippen molar-refractivity contribution in [3.63, 3.8) is 0 Å². The maximum Gasteiger partial charge on any atom is 0.222 e. The van der Waals surface area contributed by atoms with E-state index >= 15 is 0 Å². The molecule has 0 spiro atoms. The Labute approximate surface area is 221 Å². The first-order valence-electron chi connectivity index (χ1n) is 13.5. The number of aromatic nitrogens is 2. The second-order valence-corrected chi connectivity index (χ2v) is 9.69. The molecule has 1 aliphatic rings. The third kappa shape index (κ3) is 8.09. The molecule has 0 atom stereocenters. The van der Waals surface area contributed by atoms with Crippen LogP contribution in [-0.2, 0) is 31.4 Å². The van der Waals surface area contributed by atoms with E-state index in [2.05, 4.69) is 45.2 Å². The summed E-state index contributed by atoms with van der Waals surface area (Å²) in [6, 6.07) is 16.7. The summed E-state index contributed by atoms with van der Waals surface area (Å²) in [4.78, 5) is 17.8. The predicted octanol–water partition coefficient (Wildman–Crippen LogP) is 4.85. The van der Waals surface area contributed by atoms with E-state index in [-0.39, 0.29) is 5.91 Å². The van der Waals surface area contributed by atoms with Crippen LogP contribution in [0.5, 0.6) is 11.5 Å². The van der Waals surface area contributed by atoms with E-state index in [9.17, 15) is 4.79 Å². The average molecular weight is 505 g/mol. The molecule has 7 heteroatoms. The van der Waals surface area contributed by atoms with Gasteiger partial charge in [-0.1, -0.05) is 42.5 Å². The molecule has 0 unspecified atom stereocenters. The number of carbonyl (C=O) groups is 1. The number of hydrogen-bond acceptors (Lipinski definition) is 5. The van der Waals surface area contributed by atoms with Gasteiger partial charge in [-0.05, 0) is 49.8 Å². The zero-order valence-corrected chi connectivity index (χ0v) is 22.3. The number of carbonyl (C=O) groups excluding carboxylic acids is 1. The predicted molar refractivity (Wildman–Crippen MR) is 146 cm³/mol. The Bertz CT molecular complexity index is 1120. The van der Waals surface area contributed by atoms with Crippen molar-refractivity contribution in [2.45, 2.75) is 52.1 Å². The van der Waals surface area contributed by atoms with Crippen molar-refractivity contribution in [3.05, 3.63) is 77.6 Å². The van der Waals surface area contributed by atoms with E-state index in [1.165, 1.54) is 5.56 Å². The van der Waals surface area contributed by atoms with Crippen LogP contribution in [0.25, 0.3) is 0 Å². The van der Waals surface area contributed by atoms with E-state index in [4.69, 9.17) is 9.47 Å². The molecule has 0 radical (unpaired) electrons. The molecular weight excluding hydrogens is 464 g/mol. The maximum atomic E-state index is 13.3. The first-order chi connectivity index (χ1) is 18.1. The van der Waals surface area contributed by atoms with E-state index in [0.29, 0.717) is 26.2 Å². The van der Waals surface area contributed by atoms with Gasteiger partial charge in [0.2, 0.25) is 5.91 Å². The number of ether oxygens (including phenoxy) is 2. The SMILES string of the molecule is CCOc1cccc2c1OCCCCCN(C(=O)CCc1cnn(C)c1)CCN(Cc1ccccc1)C2. The summed E-state index contributed by atoms with van der Waals surface area (Å²) < 4.78 is 14.0. The van der Waals surface area contributed by atoms with E-state index in [1.54, 1.807) is 4.68 Å². The molecule has 0 saturated carbocycles. The molecule has 2 aromatic carbocycles. The Kier molecular flexibility index (Phi) is 10.0. The van der Waals surface area contributed by atoms with Gasteiger partial charge in [-0.25, -0.2) is 0 Å². The van der Waals surface area contributed by atoms with Gasteiger partial charge < -0.3 is 14.4 Å². The number of amides is 1. The van der Waals surface area contributed by atoms with E-state index < -0.39 is 0 Å². The maximum absolute atomic E-state index is 13.3. The highest BCUT2D eigenvalue weighted by Gasteiger charge is 2.19. The molecule has 1 aliphatic heterocycles. The molecule has 4 rings (SSSR count). The Balaban J connectivity index is 1.52. The van der Waals surface area contributed by atoms with Crippen LogP contribution >= 0.6 is 0 Å². The number of para-hydroxylation sites is 1. The first kappa shape index (κ1) is 26.7. The van der Waals surface area contributed by atoms with Crippen LogP contribution in [0.4, 0.5) is 0 Å². The van der Waals surface area contributed by atoms with Crippen molar-refractivity contribution in [1.29, 1.82) is 0 Å². The third-order valence-corrected chi connectivity index (χ3v) is 6.75. The lowest BCUT2D eigenvalue weighted by molar-refractivity contribution is -0.131. The van der Waals surface area contributed by atoms with Crippen molar-refractivity contribution in [2.24, 2.45) is 7.05 Å². The smallest absolute Gasteiger partial charge is 0.222 e. The summed E-state index contributed by atoms with van der Waals surface area (Å²) in [6.45, 7) is 7.04. The third-order valence-electron chi connectivity index (χ3n) is 6.75. The zero-order valence-electron chi connectivity index (χ0n) is 22.3. The molecule has 3 aromatic rings. The Morgan fingerprint density at radius 1 is 1.00 bits per heavy atom. The quantitative estimate of drug-likeness (QED) is 0.461. The Hall–Kier alpha value is -3.32. The van der Waals surface area contributed by atoms with Gasteiger partial charge in [-0.3, -0.25) is 14.4 Å². The largest absolute Gasteiger partial charge is 0.490 e. The summed E-state index contributed by atoms with van der Waals surface area (Å²) in [7, 11) is 1.91. The molecule has 1 amide bonds. The van der Waals surface area contributed by atoms with Gasteiger partial charge in [-0.15, -0.1) is 0 Å². The molecule has 0 fully saturated rings. The number of fused-ring (bicyclic) bond motifs is 1. The molecule has 0 saturated heterocycles. The van der Waals surface area contributed by atoms with Crippen LogP contribution in [0.15, 0.2) is 60.9 Å². The minimum absolute atomic E-state index is 0.216. The Morgan fingerprint density at radius 3 is 2.65 bits per heavy atom. The minimum Gasteiger partial charge on any atom is -0.490 e. The lowest BCUT2D eigenvalue weighted by Gasteiger charge is -2.28. The lowest BCUT2D eigenvalue weighted by Crippen LogP contribution is -2.39. The molecule has 0 N–H and O–H groups in total. The summed E-state index contributed by atoms with van der Waals surface area (Å²) in [5, 5.41) is 4.24. The molecule has 198 valence electrons. The summed E-state index contributed by atoms with van der Waals surface area (Å²) in [6.07, 6.45) is 8.01. The standard InChI is InChI=1S/C30H40N4O3/c1-3-36-28-14-10-13-27-24-33(23-25-11-6-4-7-12-25)18-19-34(17-8-5-9-20-37-30(27)28)29(35)16-15-26-21-31-32(2)22-26/h4,6-7,10-14,21-22H,3,5,8-9,15-20,23-24H2,1-2H3. The molecule has 2 heterocycles. The number of aryl methyl sites for hydroxylation is 2. The minimum atomic E-state index is 0.216. The van der Waals surface area contributed by atoms with Crippen molar-refractivity contribution in [2.75, 3.05) is 32.8 Å². The van der Waals surface area contributed by atoms with Crippen molar-refractivity contribution in [1.82, 2.24) is 19.6 Å². The van der Waals surface area contributed by atoms with Crippen LogP contribution < -0.4 is 9.47 Å². The van der Waals surface area contributed by atoms with Crippen LogP contribution in [0, 0.1) is 0 Å². The molecule has 1 aromatic heterocycles. The van der Waals surface area contributed by atoms with Crippen LogP contribution in [0.2, 0.25) is 0 Å². The van der Waals surface area contributed by atoms with Gasteiger partial charge in [0.05, 0.1) is 19.4 Å². The summed E-state index contributed by atoms with van der Waals surface area (Å²) >= 11 is 0.